The van der Waals surface area contributed by atoms with Crippen molar-refractivity contribution >= 4 is 5.91 Å². The van der Waals surface area contributed by atoms with Crippen molar-refractivity contribution in [3.05, 3.63) is 23.9 Å². The Balaban J connectivity index is 1.68. The molecule has 3 aliphatic rings. The first-order valence-corrected chi connectivity index (χ1v) is 7.81. The molecule has 0 bridgehead atoms. The van der Waals surface area contributed by atoms with Gasteiger partial charge in [0.1, 0.15) is 6.61 Å². The van der Waals surface area contributed by atoms with Gasteiger partial charge in [0.15, 0.2) is 0 Å². The van der Waals surface area contributed by atoms with Gasteiger partial charge in [0, 0.05) is 18.3 Å². The lowest BCUT2D eigenvalue weighted by molar-refractivity contribution is -0.146. The molecule has 2 N–H and O–H groups in total. The fourth-order valence-corrected chi connectivity index (χ4v) is 3.21. The van der Waals surface area contributed by atoms with E-state index in [1.807, 2.05) is 4.90 Å². The van der Waals surface area contributed by atoms with Crippen LogP contribution >= 0.6 is 0 Å². The number of nitrogens with zero attached hydrogens (tertiary/aromatic N) is 1. The zero-order valence-electron chi connectivity index (χ0n) is 12.5. The van der Waals surface area contributed by atoms with Crippen LogP contribution in [0.5, 0.6) is 0 Å². The number of amides is 1. The summed E-state index contributed by atoms with van der Waals surface area (Å²) in [5, 5.41) is 12.3. The van der Waals surface area contributed by atoms with E-state index in [4.69, 9.17) is 9.84 Å². The highest BCUT2D eigenvalue weighted by Gasteiger charge is 2.53. The number of ether oxygens (including phenoxy) is 1. The van der Waals surface area contributed by atoms with E-state index in [0.29, 0.717) is 12.5 Å². The third-order valence-corrected chi connectivity index (χ3v) is 4.59. The lowest BCUT2D eigenvalue weighted by atomic mass is 9.94. The molecule has 1 aliphatic heterocycles. The smallest absolute Gasteiger partial charge is 0.253 e. The summed E-state index contributed by atoms with van der Waals surface area (Å²) in [6.07, 6.45) is 9.21. The molecule has 3 rings (SSSR count). The molecule has 1 spiro atoms. The lowest BCUT2D eigenvalue weighted by Crippen LogP contribution is -2.51. The molecule has 0 aromatic rings. The standard InChI is InChI=1S/C16H24N2O3/c1-12-9-13(3-4-14(12)17-7-2-8-19)18-15(20)10-21-11-16(18)5-6-16/h3-4,9,12,14,17,19H,2,5-8,10-11H2,1H3. The molecule has 0 radical (unpaired) electrons. The summed E-state index contributed by atoms with van der Waals surface area (Å²) in [7, 11) is 0. The average molecular weight is 292 g/mol. The molecule has 2 atom stereocenters. The van der Waals surface area contributed by atoms with Crippen LogP contribution in [0.1, 0.15) is 26.2 Å². The van der Waals surface area contributed by atoms with Gasteiger partial charge in [0.05, 0.1) is 12.1 Å². The van der Waals surface area contributed by atoms with Crippen LogP contribution in [-0.4, -0.2) is 53.9 Å². The molecule has 2 unspecified atom stereocenters. The first-order valence-electron chi connectivity index (χ1n) is 7.81. The number of carbonyl (C=O) groups is 1. The van der Waals surface area contributed by atoms with Crippen molar-refractivity contribution in [3.8, 4) is 0 Å². The minimum atomic E-state index is -0.0671. The number of aliphatic hydroxyl groups is 1. The minimum Gasteiger partial charge on any atom is -0.396 e. The first kappa shape index (κ1) is 14.8. The van der Waals surface area contributed by atoms with Crippen molar-refractivity contribution in [1.29, 1.82) is 0 Å². The number of allylic oxidation sites excluding steroid dienone is 1. The van der Waals surface area contributed by atoms with E-state index in [2.05, 4.69) is 30.5 Å². The van der Waals surface area contributed by atoms with Crippen molar-refractivity contribution in [2.24, 2.45) is 5.92 Å². The molecule has 1 amide bonds. The molecule has 1 heterocycles. The Morgan fingerprint density at radius 2 is 2.33 bits per heavy atom. The van der Waals surface area contributed by atoms with E-state index in [1.165, 1.54) is 0 Å². The van der Waals surface area contributed by atoms with Crippen molar-refractivity contribution in [1.82, 2.24) is 10.2 Å². The van der Waals surface area contributed by atoms with Gasteiger partial charge in [-0.15, -0.1) is 0 Å². The summed E-state index contributed by atoms with van der Waals surface area (Å²) in [5.74, 6) is 0.406. The quantitative estimate of drug-likeness (QED) is 0.736. The normalized spacial score (nSPS) is 30.7. The molecule has 0 aromatic carbocycles. The second-order valence-corrected chi connectivity index (χ2v) is 6.31. The summed E-state index contributed by atoms with van der Waals surface area (Å²) in [6, 6.07) is 0.270. The van der Waals surface area contributed by atoms with Crippen LogP contribution < -0.4 is 5.32 Å². The third-order valence-electron chi connectivity index (χ3n) is 4.59. The Morgan fingerprint density at radius 1 is 1.52 bits per heavy atom. The maximum atomic E-state index is 12.2. The predicted octanol–water partition coefficient (Wildman–Crippen LogP) is 0.808. The summed E-state index contributed by atoms with van der Waals surface area (Å²) >= 11 is 0. The Hall–Kier alpha value is -1.17. The number of morpholine rings is 1. The maximum absolute atomic E-state index is 12.2. The van der Waals surface area contributed by atoms with Gasteiger partial charge in [-0.25, -0.2) is 0 Å². The molecule has 5 heteroatoms. The van der Waals surface area contributed by atoms with Crippen molar-refractivity contribution in [3.63, 3.8) is 0 Å². The van der Waals surface area contributed by atoms with E-state index in [0.717, 1.165) is 31.5 Å². The Labute approximate surface area is 125 Å². The summed E-state index contributed by atoms with van der Waals surface area (Å²) in [6.45, 7) is 4.03. The highest BCUT2D eigenvalue weighted by atomic mass is 16.5. The highest BCUT2D eigenvalue weighted by molar-refractivity contribution is 5.82. The van der Waals surface area contributed by atoms with Gasteiger partial charge in [-0.1, -0.05) is 19.1 Å². The van der Waals surface area contributed by atoms with Gasteiger partial charge in [0.25, 0.3) is 5.91 Å². The van der Waals surface area contributed by atoms with Crippen molar-refractivity contribution < 1.29 is 14.6 Å². The molecule has 5 nitrogen and oxygen atoms in total. The van der Waals surface area contributed by atoms with Crippen LogP contribution in [0.15, 0.2) is 23.9 Å². The fourth-order valence-electron chi connectivity index (χ4n) is 3.21. The number of aliphatic hydroxyl groups excluding tert-OH is 1. The number of hydrogen-bond donors (Lipinski definition) is 2. The predicted molar refractivity (Wildman–Crippen MR) is 79.5 cm³/mol. The van der Waals surface area contributed by atoms with Crippen molar-refractivity contribution in [2.45, 2.75) is 37.8 Å². The van der Waals surface area contributed by atoms with Crippen LogP contribution in [0.3, 0.4) is 0 Å². The van der Waals surface area contributed by atoms with Gasteiger partial charge in [-0.05, 0) is 37.8 Å². The Morgan fingerprint density at radius 3 is 3.00 bits per heavy atom. The van der Waals surface area contributed by atoms with Crippen LogP contribution in [0, 0.1) is 5.92 Å². The molecule has 116 valence electrons. The molecule has 1 saturated carbocycles. The van der Waals surface area contributed by atoms with Gasteiger partial charge < -0.3 is 20.1 Å². The SMILES string of the molecule is CC1C=C(N2C(=O)COCC23CC3)C=CC1NCCCO. The van der Waals surface area contributed by atoms with E-state index in [1.54, 1.807) is 0 Å². The molecular formula is C16H24N2O3. The lowest BCUT2D eigenvalue weighted by Gasteiger charge is -2.38. The largest absolute Gasteiger partial charge is 0.396 e. The summed E-state index contributed by atoms with van der Waals surface area (Å²) in [4.78, 5) is 14.2. The van der Waals surface area contributed by atoms with E-state index >= 15 is 0 Å². The number of nitrogens with one attached hydrogen (secondary N) is 1. The first-order chi connectivity index (χ1) is 10.2. The van der Waals surface area contributed by atoms with Crippen LogP contribution in [0.2, 0.25) is 0 Å². The number of rotatable bonds is 5. The molecule has 2 fully saturated rings. The van der Waals surface area contributed by atoms with E-state index in [-0.39, 0.29) is 30.7 Å². The number of carbonyl (C=O) groups excluding carboxylic acids is 1. The van der Waals surface area contributed by atoms with Gasteiger partial charge in [0.2, 0.25) is 0 Å². The molecule has 2 aliphatic carbocycles. The highest BCUT2D eigenvalue weighted by Crippen LogP contribution is 2.46. The van der Waals surface area contributed by atoms with Gasteiger partial charge >= 0.3 is 0 Å². The topological polar surface area (TPSA) is 61.8 Å². The van der Waals surface area contributed by atoms with Gasteiger partial charge in [-0.3, -0.25) is 4.79 Å². The molecular weight excluding hydrogens is 268 g/mol. The third kappa shape index (κ3) is 2.91. The monoisotopic (exact) mass is 292 g/mol. The fraction of sp³-hybridized carbons (Fsp3) is 0.688. The minimum absolute atomic E-state index is 0.0671. The molecule has 21 heavy (non-hydrogen) atoms. The zero-order chi connectivity index (χ0) is 14.9. The van der Waals surface area contributed by atoms with Crippen molar-refractivity contribution in [2.75, 3.05) is 26.4 Å². The molecule has 1 saturated heterocycles. The Kier molecular flexibility index (Phi) is 4.15. The maximum Gasteiger partial charge on any atom is 0.253 e. The van der Waals surface area contributed by atoms with Gasteiger partial charge in [-0.2, -0.15) is 0 Å². The second-order valence-electron chi connectivity index (χ2n) is 6.31. The summed E-state index contributed by atoms with van der Waals surface area (Å²) in [5.41, 5.74) is 0.955. The van der Waals surface area contributed by atoms with Crippen LogP contribution in [0.4, 0.5) is 0 Å². The number of hydrogen-bond acceptors (Lipinski definition) is 4. The Bertz CT molecular complexity index is 468. The zero-order valence-corrected chi connectivity index (χ0v) is 12.5. The summed E-state index contributed by atoms with van der Waals surface area (Å²) < 4.78 is 5.42. The van der Waals surface area contributed by atoms with E-state index in [9.17, 15) is 4.79 Å². The second kappa shape index (κ2) is 5.91. The van der Waals surface area contributed by atoms with Crippen LogP contribution in [-0.2, 0) is 9.53 Å². The van der Waals surface area contributed by atoms with E-state index < -0.39 is 0 Å². The van der Waals surface area contributed by atoms with Crippen LogP contribution in [0.25, 0.3) is 0 Å². The molecule has 0 aromatic heterocycles. The average Bonchev–Trinajstić information content (AvgIpc) is 3.21.